The number of rotatable bonds is 7. The minimum Gasteiger partial charge on any atom is -0.383 e. The topological polar surface area (TPSA) is 110 Å². The minimum atomic E-state index is -3.56. The van der Waals surface area contributed by atoms with Crippen LogP contribution in [0.4, 0.5) is 5.82 Å². The maximum Gasteiger partial charge on any atom is 0.245 e. The van der Waals surface area contributed by atoms with Gasteiger partial charge < -0.3 is 10.5 Å². The standard InChI is InChI=1S/C8H16N4O3S/c1-2-15-5-3-4-11-16(13,14)7-6-10-12-8(7)9/h6,11H,2-5H2,1H3,(H3,9,10,12). The molecule has 0 aliphatic heterocycles. The molecule has 1 aromatic heterocycles. The fourth-order valence-electron chi connectivity index (χ4n) is 1.10. The van der Waals surface area contributed by atoms with E-state index in [2.05, 4.69) is 14.9 Å². The molecule has 7 nitrogen and oxygen atoms in total. The van der Waals surface area contributed by atoms with Crippen LogP contribution in [-0.2, 0) is 14.8 Å². The van der Waals surface area contributed by atoms with Crippen molar-refractivity contribution in [2.75, 3.05) is 25.5 Å². The normalized spacial score (nSPS) is 11.8. The van der Waals surface area contributed by atoms with E-state index in [1.54, 1.807) is 0 Å². The lowest BCUT2D eigenvalue weighted by atomic mass is 10.5. The summed E-state index contributed by atoms with van der Waals surface area (Å²) in [6, 6.07) is 0. The van der Waals surface area contributed by atoms with Gasteiger partial charge in [0.15, 0.2) is 0 Å². The Morgan fingerprint density at radius 1 is 1.62 bits per heavy atom. The van der Waals surface area contributed by atoms with E-state index in [1.807, 2.05) is 6.92 Å². The highest BCUT2D eigenvalue weighted by Gasteiger charge is 2.18. The number of hydrogen-bond acceptors (Lipinski definition) is 5. The molecule has 0 saturated heterocycles. The Morgan fingerprint density at radius 3 is 2.94 bits per heavy atom. The van der Waals surface area contributed by atoms with E-state index in [4.69, 9.17) is 10.5 Å². The summed E-state index contributed by atoms with van der Waals surface area (Å²) in [4.78, 5) is -0.0242. The zero-order valence-corrected chi connectivity index (χ0v) is 9.88. The van der Waals surface area contributed by atoms with Crippen LogP contribution >= 0.6 is 0 Å². The van der Waals surface area contributed by atoms with Gasteiger partial charge in [-0.15, -0.1) is 0 Å². The van der Waals surface area contributed by atoms with Crippen LogP contribution in [0.5, 0.6) is 0 Å². The lowest BCUT2D eigenvalue weighted by Gasteiger charge is -2.05. The van der Waals surface area contributed by atoms with Gasteiger partial charge >= 0.3 is 0 Å². The summed E-state index contributed by atoms with van der Waals surface area (Å²) in [5.74, 6) is 0.0392. The Hall–Kier alpha value is -1.12. The molecule has 0 saturated carbocycles. The van der Waals surface area contributed by atoms with Gasteiger partial charge in [0.1, 0.15) is 10.7 Å². The highest BCUT2D eigenvalue weighted by Crippen LogP contribution is 2.13. The van der Waals surface area contributed by atoms with E-state index in [-0.39, 0.29) is 10.7 Å². The molecular formula is C8H16N4O3S. The van der Waals surface area contributed by atoms with E-state index < -0.39 is 10.0 Å². The van der Waals surface area contributed by atoms with Crippen LogP contribution in [0.3, 0.4) is 0 Å². The maximum atomic E-state index is 11.7. The Morgan fingerprint density at radius 2 is 2.38 bits per heavy atom. The van der Waals surface area contributed by atoms with Crippen molar-refractivity contribution in [2.45, 2.75) is 18.2 Å². The molecule has 0 aromatic carbocycles. The first-order valence-electron chi connectivity index (χ1n) is 4.94. The van der Waals surface area contributed by atoms with Crippen LogP contribution in [0.1, 0.15) is 13.3 Å². The van der Waals surface area contributed by atoms with Gasteiger partial charge in [0, 0.05) is 19.8 Å². The molecule has 1 heterocycles. The third-order valence-corrected chi connectivity index (χ3v) is 3.37. The molecule has 1 rings (SSSR count). The molecular weight excluding hydrogens is 232 g/mol. The SMILES string of the molecule is CCOCCCNS(=O)(=O)c1cn[nH]c1N. The molecule has 0 aliphatic rings. The predicted octanol–water partition coefficient (Wildman–Crippen LogP) is -0.303. The molecule has 0 amide bonds. The van der Waals surface area contributed by atoms with Crippen LogP contribution in [0.2, 0.25) is 0 Å². The molecule has 0 radical (unpaired) electrons. The second-order valence-corrected chi connectivity index (χ2v) is 4.83. The van der Waals surface area contributed by atoms with Crippen LogP contribution in [0, 0.1) is 0 Å². The van der Waals surface area contributed by atoms with Crippen LogP contribution in [0.25, 0.3) is 0 Å². The van der Waals surface area contributed by atoms with Crippen LogP contribution in [0.15, 0.2) is 11.1 Å². The van der Waals surface area contributed by atoms with Gasteiger partial charge in [-0.2, -0.15) is 5.10 Å². The summed E-state index contributed by atoms with van der Waals surface area (Å²) in [6.45, 7) is 3.35. The van der Waals surface area contributed by atoms with Gasteiger partial charge in [-0.05, 0) is 13.3 Å². The third kappa shape index (κ3) is 3.47. The molecule has 0 fully saturated rings. The van der Waals surface area contributed by atoms with Crippen molar-refractivity contribution in [3.63, 3.8) is 0 Å². The summed E-state index contributed by atoms with van der Waals surface area (Å²) in [7, 11) is -3.56. The van der Waals surface area contributed by atoms with Crippen molar-refractivity contribution < 1.29 is 13.2 Å². The second-order valence-electron chi connectivity index (χ2n) is 3.10. The summed E-state index contributed by atoms with van der Waals surface area (Å²) >= 11 is 0. The summed E-state index contributed by atoms with van der Waals surface area (Å²) < 4.78 is 30.8. The third-order valence-electron chi connectivity index (χ3n) is 1.88. The lowest BCUT2D eigenvalue weighted by molar-refractivity contribution is 0.146. The number of nitrogens with two attached hydrogens (primary N) is 1. The Bertz CT molecular complexity index is 415. The van der Waals surface area contributed by atoms with Gasteiger partial charge in [0.2, 0.25) is 10.0 Å². The van der Waals surface area contributed by atoms with Gasteiger partial charge in [0.25, 0.3) is 0 Å². The average molecular weight is 248 g/mol. The van der Waals surface area contributed by atoms with E-state index in [0.717, 1.165) is 0 Å². The van der Waals surface area contributed by atoms with Crippen molar-refractivity contribution >= 4 is 15.8 Å². The zero-order valence-electron chi connectivity index (χ0n) is 9.06. The van der Waals surface area contributed by atoms with E-state index in [1.165, 1.54) is 6.20 Å². The van der Waals surface area contributed by atoms with Crippen molar-refractivity contribution in [3.05, 3.63) is 6.20 Å². The number of hydrogen-bond donors (Lipinski definition) is 3. The molecule has 4 N–H and O–H groups in total. The van der Waals surface area contributed by atoms with Crippen molar-refractivity contribution in [2.24, 2.45) is 0 Å². The van der Waals surface area contributed by atoms with Gasteiger partial charge in [0.05, 0.1) is 6.20 Å². The first-order chi connectivity index (χ1) is 7.58. The summed E-state index contributed by atoms with van der Waals surface area (Å²) in [5, 5.41) is 5.92. The molecule has 92 valence electrons. The summed E-state index contributed by atoms with van der Waals surface area (Å²) in [5.41, 5.74) is 5.42. The molecule has 1 aromatic rings. The number of nitrogen functional groups attached to an aromatic ring is 1. The quantitative estimate of drug-likeness (QED) is 0.574. The average Bonchev–Trinajstić information content (AvgIpc) is 2.65. The van der Waals surface area contributed by atoms with Crippen molar-refractivity contribution in [1.29, 1.82) is 0 Å². The first kappa shape index (κ1) is 12.9. The monoisotopic (exact) mass is 248 g/mol. The number of ether oxygens (including phenoxy) is 1. The lowest BCUT2D eigenvalue weighted by Crippen LogP contribution is -2.26. The smallest absolute Gasteiger partial charge is 0.245 e. The molecule has 8 heteroatoms. The molecule has 0 bridgehead atoms. The van der Waals surface area contributed by atoms with E-state index in [0.29, 0.717) is 26.2 Å². The molecule has 16 heavy (non-hydrogen) atoms. The molecule has 0 unspecified atom stereocenters. The largest absolute Gasteiger partial charge is 0.383 e. The highest BCUT2D eigenvalue weighted by molar-refractivity contribution is 7.89. The zero-order chi connectivity index (χ0) is 12.0. The molecule has 0 spiro atoms. The number of sulfonamides is 1. The van der Waals surface area contributed by atoms with Crippen LogP contribution < -0.4 is 10.5 Å². The Labute approximate surface area is 94.4 Å². The number of aromatic amines is 1. The fourth-order valence-corrected chi connectivity index (χ4v) is 2.20. The Balaban J connectivity index is 2.45. The number of aromatic nitrogens is 2. The number of anilines is 1. The van der Waals surface area contributed by atoms with E-state index >= 15 is 0 Å². The van der Waals surface area contributed by atoms with Gasteiger partial charge in [-0.1, -0.05) is 0 Å². The van der Waals surface area contributed by atoms with Crippen molar-refractivity contribution in [3.8, 4) is 0 Å². The van der Waals surface area contributed by atoms with Crippen molar-refractivity contribution in [1.82, 2.24) is 14.9 Å². The maximum absolute atomic E-state index is 11.7. The van der Waals surface area contributed by atoms with Crippen LogP contribution in [-0.4, -0.2) is 38.4 Å². The summed E-state index contributed by atoms with van der Waals surface area (Å²) in [6.07, 6.45) is 1.80. The number of nitrogens with one attached hydrogen (secondary N) is 2. The van der Waals surface area contributed by atoms with Gasteiger partial charge in [-0.3, -0.25) is 5.10 Å². The first-order valence-corrected chi connectivity index (χ1v) is 6.42. The Kier molecular flexibility index (Phi) is 4.71. The second kappa shape index (κ2) is 5.83. The number of H-pyrrole nitrogens is 1. The highest BCUT2D eigenvalue weighted by atomic mass is 32.2. The minimum absolute atomic E-state index is 0.0242. The molecule has 0 atom stereocenters. The number of nitrogens with zero attached hydrogens (tertiary/aromatic N) is 1. The van der Waals surface area contributed by atoms with E-state index in [9.17, 15) is 8.42 Å². The fraction of sp³-hybridized carbons (Fsp3) is 0.625. The predicted molar refractivity (Wildman–Crippen MR) is 59.3 cm³/mol. The van der Waals surface area contributed by atoms with Gasteiger partial charge in [-0.25, -0.2) is 13.1 Å². The molecule has 0 aliphatic carbocycles.